The second kappa shape index (κ2) is 6.39. The van der Waals surface area contributed by atoms with Gasteiger partial charge < -0.3 is 16.4 Å². The maximum Gasteiger partial charge on any atom is 0.188 e. The molecular formula is C15H15ClN6S. The van der Waals surface area contributed by atoms with Gasteiger partial charge in [0.05, 0.1) is 5.69 Å². The number of nitrogens with zero attached hydrogens (tertiary/aromatic N) is 3. The van der Waals surface area contributed by atoms with Gasteiger partial charge in [-0.25, -0.2) is 15.0 Å². The number of aromatic nitrogens is 3. The highest BCUT2D eigenvalue weighted by atomic mass is 35.5. The van der Waals surface area contributed by atoms with E-state index in [0.29, 0.717) is 22.3 Å². The van der Waals surface area contributed by atoms with Crippen molar-refractivity contribution in [3.8, 4) is 0 Å². The van der Waals surface area contributed by atoms with E-state index in [0.717, 1.165) is 21.4 Å². The fourth-order valence-electron chi connectivity index (χ4n) is 1.89. The Bertz CT molecular complexity index is 811. The number of hydrogen-bond acceptors (Lipinski definition) is 7. The van der Waals surface area contributed by atoms with E-state index in [1.54, 1.807) is 23.5 Å². The standard InChI is InChI=1S/C15H15ClN6S/c1-8-9(2)23-15(20-8)22-14-12(17)13(18-7-19-14)21-11-5-3-10(16)4-6-11/h3-7H,17H2,1-2H3,(H2,18,19,20,21,22). The van der Waals surface area contributed by atoms with Crippen LogP contribution in [0.5, 0.6) is 0 Å². The van der Waals surface area contributed by atoms with Crippen LogP contribution in [0.15, 0.2) is 30.6 Å². The average Bonchev–Trinajstić information content (AvgIpc) is 2.84. The Labute approximate surface area is 142 Å². The topological polar surface area (TPSA) is 88.8 Å². The van der Waals surface area contributed by atoms with Crippen molar-refractivity contribution in [1.82, 2.24) is 15.0 Å². The molecule has 8 heteroatoms. The summed E-state index contributed by atoms with van der Waals surface area (Å²) >= 11 is 7.44. The van der Waals surface area contributed by atoms with Gasteiger partial charge in [0, 0.05) is 15.6 Å². The van der Waals surface area contributed by atoms with Gasteiger partial charge in [-0.15, -0.1) is 11.3 Å². The largest absolute Gasteiger partial charge is 0.393 e. The van der Waals surface area contributed by atoms with Gasteiger partial charge in [0.2, 0.25) is 0 Å². The zero-order valence-electron chi connectivity index (χ0n) is 12.6. The highest BCUT2D eigenvalue weighted by Gasteiger charge is 2.11. The van der Waals surface area contributed by atoms with Crippen molar-refractivity contribution in [3.05, 3.63) is 46.2 Å². The van der Waals surface area contributed by atoms with Crippen LogP contribution in [0.2, 0.25) is 5.02 Å². The molecule has 0 saturated heterocycles. The number of benzene rings is 1. The normalized spacial score (nSPS) is 10.6. The number of aryl methyl sites for hydroxylation is 2. The summed E-state index contributed by atoms with van der Waals surface area (Å²) in [6.45, 7) is 3.99. The fourth-order valence-corrected chi connectivity index (χ4v) is 2.83. The number of nitrogens with one attached hydrogen (secondary N) is 2. The summed E-state index contributed by atoms with van der Waals surface area (Å²) in [5, 5.41) is 7.71. The van der Waals surface area contributed by atoms with E-state index in [4.69, 9.17) is 17.3 Å². The highest BCUT2D eigenvalue weighted by Crippen LogP contribution is 2.30. The summed E-state index contributed by atoms with van der Waals surface area (Å²) in [6.07, 6.45) is 1.45. The first-order valence-electron chi connectivity index (χ1n) is 6.87. The first kappa shape index (κ1) is 15.5. The summed E-state index contributed by atoms with van der Waals surface area (Å²) in [7, 11) is 0. The van der Waals surface area contributed by atoms with Crippen LogP contribution >= 0.6 is 22.9 Å². The summed E-state index contributed by atoms with van der Waals surface area (Å²) < 4.78 is 0. The van der Waals surface area contributed by atoms with Gasteiger partial charge in [-0.3, -0.25) is 0 Å². The van der Waals surface area contributed by atoms with Gasteiger partial charge in [-0.05, 0) is 38.1 Å². The molecule has 2 aromatic heterocycles. The molecule has 1 aromatic carbocycles. The lowest BCUT2D eigenvalue weighted by Crippen LogP contribution is -2.05. The molecule has 3 aromatic rings. The van der Waals surface area contributed by atoms with Crippen LogP contribution in [0.1, 0.15) is 10.6 Å². The average molecular weight is 347 g/mol. The summed E-state index contributed by atoms with van der Waals surface area (Å²) in [5.41, 5.74) is 8.41. The Balaban J connectivity index is 1.84. The molecule has 0 radical (unpaired) electrons. The molecule has 0 bridgehead atoms. The molecule has 6 nitrogen and oxygen atoms in total. The zero-order chi connectivity index (χ0) is 16.4. The molecule has 2 heterocycles. The predicted octanol–water partition coefficient (Wildman–Crippen LogP) is 4.27. The Kier molecular flexibility index (Phi) is 4.31. The molecule has 0 aliphatic carbocycles. The minimum absolute atomic E-state index is 0.424. The van der Waals surface area contributed by atoms with Gasteiger partial charge in [-0.1, -0.05) is 11.6 Å². The van der Waals surface area contributed by atoms with Crippen molar-refractivity contribution >= 4 is 51.1 Å². The second-order valence-electron chi connectivity index (χ2n) is 4.90. The molecule has 4 N–H and O–H groups in total. The van der Waals surface area contributed by atoms with Crippen LogP contribution < -0.4 is 16.4 Å². The van der Waals surface area contributed by atoms with Crippen LogP contribution in [-0.4, -0.2) is 15.0 Å². The van der Waals surface area contributed by atoms with Crippen molar-refractivity contribution < 1.29 is 0 Å². The van der Waals surface area contributed by atoms with Crippen molar-refractivity contribution in [3.63, 3.8) is 0 Å². The molecule has 0 aliphatic rings. The Morgan fingerprint density at radius 2 is 1.70 bits per heavy atom. The number of anilines is 5. The minimum Gasteiger partial charge on any atom is -0.393 e. The van der Waals surface area contributed by atoms with Crippen molar-refractivity contribution in [2.45, 2.75) is 13.8 Å². The fraction of sp³-hybridized carbons (Fsp3) is 0.133. The van der Waals surface area contributed by atoms with E-state index < -0.39 is 0 Å². The maximum absolute atomic E-state index is 6.15. The third-order valence-corrected chi connectivity index (χ3v) is 4.49. The summed E-state index contributed by atoms with van der Waals surface area (Å²) in [6, 6.07) is 7.29. The Hall–Kier alpha value is -2.38. The number of nitrogens with two attached hydrogens (primary N) is 1. The van der Waals surface area contributed by atoms with E-state index in [1.807, 2.05) is 26.0 Å². The Morgan fingerprint density at radius 3 is 2.30 bits per heavy atom. The van der Waals surface area contributed by atoms with Gasteiger partial charge in [0.25, 0.3) is 0 Å². The van der Waals surface area contributed by atoms with Gasteiger partial charge in [0.15, 0.2) is 16.8 Å². The lowest BCUT2D eigenvalue weighted by Gasteiger charge is -2.11. The monoisotopic (exact) mass is 346 g/mol. The zero-order valence-corrected chi connectivity index (χ0v) is 14.2. The minimum atomic E-state index is 0.424. The van der Waals surface area contributed by atoms with E-state index in [-0.39, 0.29) is 0 Å². The van der Waals surface area contributed by atoms with E-state index >= 15 is 0 Å². The number of hydrogen-bond donors (Lipinski definition) is 3. The maximum atomic E-state index is 6.15. The lowest BCUT2D eigenvalue weighted by atomic mass is 10.3. The van der Waals surface area contributed by atoms with Crippen LogP contribution in [-0.2, 0) is 0 Å². The lowest BCUT2D eigenvalue weighted by molar-refractivity contribution is 1.16. The number of halogens is 1. The van der Waals surface area contributed by atoms with E-state index in [1.165, 1.54) is 6.33 Å². The molecule has 0 amide bonds. The van der Waals surface area contributed by atoms with Crippen LogP contribution in [0.4, 0.5) is 28.1 Å². The summed E-state index contributed by atoms with van der Waals surface area (Å²) in [5.74, 6) is 1.04. The third-order valence-electron chi connectivity index (χ3n) is 3.24. The van der Waals surface area contributed by atoms with E-state index in [2.05, 4.69) is 25.6 Å². The molecule has 0 atom stereocenters. The second-order valence-corrected chi connectivity index (χ2v) is 6.54. The molecular weight excluding hydrogens is 332 g/mol. The molecule has 118 valence electrons. The SMILES string of the molecule is Cc1nc(Nc2ncnc(Nc3ccc(Cl)cc3)c2N)sc1C. The first-order chi connectivity index (χ1) is 11.0. The molecule has 0 saturated carbocycles. The third kappa shape index (κ3) is 3.52. The van der Waals surface area contributed by atoms with Crippen LogP contribution in [0.3, 0.4) is 0 Å². The van der Waals surface area contributed by atoms with Crippen LogP contribution in [0, 0.1) is 13.8 Å². The molecule has 3 rings (SSSR count). The predicted molar refractivity (Wildman–Crippen MR) is 96.0 cm³/mol. The highest BCUT2D eigenvalue weighted by molar-refractivity contribution is 7.15. The molecule has 0 spiro atoms. The molecule has 0 fully saturated rings. The van der Waals surface area contributed by atoms with E-state index in [9.17, 15) is 0 Å². The quantitative estimate of drug-likeness (QED) is 0.653. The number of nitrogen functional groups attached to an aromatic ring is 1. The van der Waals surface area contributed by atoms with Crippen molar-refractivity contribution in [2.75, 3.05) is 16.4 Å². The number of rotatable bonds is 4. The van der Waals surface area contributed by atoms with Crippen LogP contribution in [0.25, 0.3) is 0 Å². The molecule has 0 aliphatic heterocycles. The Morgan fingerprint density at radius 1 is 1.04 bits per heavy atom. The van der Waals surface area contributed by atoms with Gasteiger partial charge in [0.1, 0.15) is 12.0 Å². The van der Waals surface area contributed by atoms with Gasteiger partial charge in [-0.2, -0.15) is 0 Å². The number of thiazole rings is 1. The van der Waals surface area contributed by atoms with Gasteiger partial charge >= 0.3 is 0 Å². The smallest absolute Gasteiger partial charge is 0.188 e. The first-order valence-corrected chi connectivity index (χ1v) is 8.06. The molecule has 23 heavy (non-hydrogen) atoms. The van der Waals surface area contributed by atoms with Crippen molar-refractivity contribution in [2.24, 2.45) is 0 Å². The van der Waals surface area contributed by atoms with Crippen molar-refractivity contribution in [1.29, 1.82) is 0 Å². The molecule has 0 unspecified atom stereocenters. The summed E-state index contributed by atoms with van der Waals surface area (Å²) in [4.78, 5) is 13.9.